The zero-order valence-electron chi connectivity index (χ0n) is 20.3. The Morgan fingerprint density at radius 3 is 2.51 bits per heavy atom. The van der Waals surface area contributed by atoms with Gasteiger partial charge in [-0.3, -0.25) is 18.6 Å². The smallest absolute Gasteiger partial charge is 0.243 e. The number of hydrogen-bond acceptors (Lipinski definition) is 5. The van der Waals surface area contributed by atoms with Crippen LogP contribution in [0.25, 0.3) is 16.8 Å². The molecule has 2 atom stereocenters. The Labute approximate surface area is 208 Å². The van der Waals surface area contributed by atoms with Crippen LogP contribution >= 0.6 is 11.8 Å². The van der Waals surface area contributed by atoms with Crippen LogP contribution in [0.5, 0.6) is 0 Å². The Hall–Kier alpha value is -3.33. The molecule has 182 valence electrons. The lowest BCUT2D eigenvalue weighted by molar-refractivity contribution is -0.137. The summed E-state index contributed by atoms with van der Waals surface area (Å²) in [5, 5.41) is 12.3. The van der Waals surface area contributed by atoms with Crippen molar-refractivity contribution in [1.82, 2.24) is 24.1 Å². The van der Waals surface area contributed by atoms with Gasteiger partial charge < -0.3 is 10.2 Å². The number of benzene rings is 2. The van der Waals surface area contributed by atoms with Gasteiger partial charge in [0.05, 0.1) is 16.8 Å². The number of imidazole rings is 1. The van der Waals surface area contributed by atoms with Gasteiger partial charge >= 0.3 is 0 Å². The number of likely N-dealkylation sites (tertiary alicyclic amines) is 1. The normalized spacial score (nSPS) is 18.3. The van der Waals surface area contributed by atoms with Crippen molar-refractivity contribution in [3.05, 3.63) is 54.1 Å². The van der Waals surface area contributed by atoms with Crippen LogP contribution in [0.2, 0.25) is 0 Å². The Balaban J connectivity index is 1.39. The van der Waals surface area contributed by atoms with Crippen molar-refractivity contribution < 1.29 is 9.59 Å². The zero-order chi connectivity index (χ0) is 24.5. The first-order chi connectivity index (χ1) is 16.9. The molecule has 35 heavy (non-hydrogen) atoms. The summed E-state index contributed by atoms with van der Waals surface area (Å²) in [6, 6.07) is 16.1. The quantitative estimate of drug-likeness (QED) is 0.402. The van der Waals surface area contributed by atoms with Crippen molar-refractivity contribution in [3.63, 3.8) is 0 Å². The summed E-state index contributed by atoms with van der Waals surface area (Å²) < 4.78 is 3.88. The highest BCUT2D eigenvalue weighted by atomic mass is 32.2. The predicted molar refractivity (Wildman–Crippen MR) is 139 cm³/mol. The van der Waals surface area contributed by atoms with E-state index in [-0.39, 0.29) is 36.2 Å². The third-order valence-corrected chi connectivity index (χ3v) is 7.61. The van der Waals surface area contributed by atoms with Gasteiger partial charge in [0.25, 0.3) is 0 Å². The number of amides is 2. The standard InChI is InChI=1S/C26H30N6O2S/c1-17-8-6-11-20(14-17)27-23(33)16-35-26-29-28-25-30(21-12-4-5-13-22(21)32(25)26)15-24(34)31-18(2)9-7-10-19(31)3/h4-6,8,11-14,18-19H,7,9-10,15-16H2,1-3H3,(H,27,33)/t18-,19-/m1/s1. The number of para-hydroxylation sites is 2. The van der Waals surface area contributed by atoms with Gasteiger partial charge in [-0.2, -0.15) is 0 Å². The second-order valence-corrected chi connectivity index (χ2v) is 10.3. The van der Waals surface area contributed by atoms with E-state index < -0.39 is 0 Å². The molecular weight excluding hydrogens is 460 g/mol. The Morgan fingerprint density at radius 2 is 1.77 bits per heavy atom. The van der Waals surface area contributed by atoms with E-state index >= 15 is 0 Å². The van der Waals surface area contributed by atoms with Crippen molar-refractivity contribution in [2.75, 3.05) is 11.1 Å². The second-order valence-electron chi connectivity index (χ2n) is 9.33. The SMILES string of the molecule is Cc1cccc(NC(=O)CSc2nnc3n(CC(=O)N4[C@H](C)CCC[C@H]4C)c4ccccc4n23)c1. The molecule has 2 aromatic carbocycles. The highest BCUT2D eigenvalue weighted by Gasteiger charge is 2.30. The lowest BCUT2D eigenvalue weighted by Gasteiger charge is -2.39. The molecule has 0 spiro atoms. The summed E-state index contributed by atoms with van der Waals surface area (Å²) in [6.45, 7) is 6.46. The Morgan fingerprint density at radius 1 is 1.03 bits per heavy atom. The van der Waals surface area contributed by atoms with E-state index in [1.54, 1.807) is 0 Å². The number of aromatic nitrogens is 4. The molecule has 2 amide bonds. The molecule has 9 heteroatoms. The van der Waals surface area contributed by atoms with Crippen molar-refractivity contribution >= 4 is 46.1 Å². The first kappa shape index (κ1) is 23.4. The summed E-state index contributed by atoms with van der Waals surface area (Å²) in [7, 11) is 0. The van der Waals surface area contributed by atoms with Crippen LogP contribution in [-0.4, -0.2) is 53.7 Å². The lowest BCUT2D eigenvalue weighted by atomic mass is 9.97. The number of carbonyl (C=O) groups is 2. The van der Waals surface area contributed by atoms with Crippen LogP contribution < -0.4 is 5.32 Å². The number of thioether (sulfide) groups is 1. The van der Waals surface area contributed by atoms with Gasteiger partial charge in [-0.15, -0.1) is 10.2 Å². The van der Waals surface area contributed by atoms with Gasteiger partial charge in [0.15, 0.2) is 5.16 Å². The molecule has 2 aromatic heterocycles. The van der Waals surface area contributed by atoms with E-state index in [1.807, 2.05) is 69.3 Å². The van der Waals surface area contributed by atoms with Gasteiger partial charge in [0.2, 0.25) is 17.6 Å². The predicted octanol–water partition coefficient (Wildman–Crippen LogP) is 4.51. The van der Waals surface area contributed by atoms with E-state index in [4.69, 9.17) is 0 Å². The van der Waals surface area contributed by atoms with Crippen LogP contribution in [0.4, 0.5) is 5.69 Å². The molecule has 5 rings (SSSR count). The lowest BCUT2D eigenvalue weighted by Crippen LogP contribution is -2.48. The number of hydrogen-bond donors (Lipinski definition) is 1. The zero-order valence-corrected chi connectivity index (χ0v) is 21.1. The van der Waals surface area contributed by atoms with Crippen LogP contribution in [0.1, 0.15) is 38.7 Å². The number of carbonyl (C=O) groups excluding carboxylic acids is 2. The van der Waals surface area contributed by atoms with E-state index in [0.29, 0.717) is 10.9 Å². The first-order valence-electron chi connectivity index (χ1n) is 12.0. The number of fused-ring (bicyclic) bond motifs is 3. The molecule has 3 heterocycles. The molecule has 1 N–H and O–H groups in total. The van der Waals surface area contributed by atoms with Crippen molar-refractivity contribution in [1.29, 1.82) is 0 Å². The van der Waals surface area contributed by atoms with Crippen LogP contribution in [-0.2, 0) is 16.1 Å². The number of nitrogens with zero attached hydrogens (tertiary/aromatic N) is 5. The molecule has 0 radical (unpaired) electrons. The first-order valence-corrected chi connectivity index (χ1v) is 13.0. The van der Waals surface area contributed by atoms with E-state index in [9.17, 15) is 9.59 Å². The molecule has 8 nitrogen and oxygen atoms in total. The second kappa shape index (κ2) is 9.73. The van der Waals surface area contributed by atoms with E-state index in [1.165, 1.54) is 11.8 Å². The summed E-state index contributed by atoms with van der Waals surface area (Å²) in [5.74, 6) is 0.807. The number of piperidine rings is 1. The average molecular weight is 491 g/mol. The molecule has 1 aliphatic heterocycles. The Bertz CT molecular complexity index is 1380. The molecule has 0 aliphatic carbocycles. The monoisotopic (exact) mass is 490 g/mol. The number of anilines is 1. The molecular formula is C26H30N6O2S. The topological polar surface area (TPSA) is 84.5 Å². The summed E-state index contributed by atoms with van der Waals surface area (Å²) in [4.78, 5) is 28.0. The fourth-order valence-electron chi connectivity index (χ4n) is 5.07. The maximum absolute atomic E-state index is 13.4. The van der Waals surface area contributed by atoms with Crippen molar-refractivity contribution in [2.24, 2.45) is 0 Å². The summed E-state index contributed by atoms with van der Waals surface area (Å²) in [6.07, 6.45) is 3.23. The van der Waals surface area contributed by atoms with Gasteiger partial charge in [-0.1, -0.05) is 36.0 Å². The number of aryl methyl sites for hydroxylation is 1. The fourth-order valence-corrected chi connectivity index (χ4v) is 5.81. The highest BCUT2D eigenvalue weighted by Crippen LogP contribution is 2.28. The van der Waals surface area contributed by atoms with E-state index in [0.717, 1.165) is 41.5 Å². The Kier molecular flexibility index (Phi) is 6.51. The molecule has 4 aromatic rings. The highest BCUT2D eigenvalue weighted by molar-refractivity contribution is 7.99. The van der Waals surface area contributed by atoms with Crippen molar-refractivity contribution in [2.45, 2.75) is 63.8 Å². The summed E-state index contributed by atoms with van der Waals surface area (Å²) in [5.41, 5.74) is 3.71. The molecule has 1 aliphatic rings. The van der Waals surface area contributed by atoms with Gasteiger partial charge in [-0.25, -0.2) is 0 Å². The number of rotatable bonds is 6. The molecule has 0 unspecified atom stereocenters. The number of nitrogens with one attached hydrogen (secondary N) is 1. The molecule has 1 fully saturated rings. The molecule has 0 bridgehead atoms. The van der Waals surface area contributed by atoms with Gasteiger partial charge in [0, 0.05) is 17.8 Å². The minimum absolute atomic E-state index is 0.0997. The van der Waals surface area contributed by atoms with Gasteiger partial charge in [0.1, 0.15) is 6.54 Å². The van der Waals surface area contributed by atoms with Crippen LogP contribution in [0.15, 0.2) is 53.7 Å². The molecule has 1 saturated heterocycles. The minimum atomic E-state index is -0.107. The largest absolute Gasteiger partial charge is 0.336 e. The molecule has 0 saturated carbocycles. The van der Waals surface area contributed by atoms with Crippen molar-refractivity contribution in [3.8, 4) is 0 Å². The average Bonchev–Trinajstić information content (AvgIpc) is 3.37. The third-order valence-electron chi connectivity index (χ3n) is 6.68. The van der Waals surface area contributed by atoms with E-state index in [2.05, 4.69) is 29.4 Å². The maximum Gasteiger partial charge on any atom is 0.243 e. The van der Waals surface area contributed by atoms with Gasteiger partial charge in [-0.05, 0) is 69.9 Å². The third kappa shape index (κ3) is 4.65. The van der Waals surface area contributed by atoms with Crippen LogP contribution in [0, 0.1) is 6.92 Å². The van der Waals surface area contributed by atoms with Crippen LogP contribution in [0.3, 0.4) is 0 Å². The fraction of sp³-hybridized carbons (Fsp3) is 0.385. The minimum Gasteiger partial charge on any atom is -0.336 e. The maximum atomic E-state index is 13.4. The summed E-state index contributed by atoms with van der Waals surface area (Å²) >= 11 is 1.33.